The lowest BCUT2D eigenvalue weighted by Crippen LogP contribution is -2.37. The van der Waals surface area contributed by atoms with E-state index in [1.165, 1.54) is 43.5 Å². The van der Waals surface area contributed by atoms with Gasteiger partial charge in [-0.15, -0.1) is 0 Å². The normalized spacial score (nSPS) is 11.5. The zero-order valence-corrected chi connectivity index (χ0v) is 20.6. The molecule has 3 aromatic rings. The summed E-state index contributed by atoms with van der Waals surface area (Å²) in [5, 5.41) is 2.89. The molecule has 12 heteroatoms. The number of amides is 1. The molecule has 0 aliphatic rings. The first-order chi connectivity index (χ1) is 16.0. The number of nitrogens with one attached hydrogen (secondary N) is 2. The standard InChI is InChI=1S/C22H22ClN3O6S2/c1-32-20-10-6-18(7-11-20)25-34(30,31)21-12-8-17(9-13-21)24-22(27)15-26(33(2,28)29)19-5-3-4-16(23)14-19/h3-14,25H,15H2,1-2H3,(H,24,27). The average Bonchev–Trinajstić information content (AvgIpc) is 2.77. The van der Waals surface area contributed by atoms with Crippen molar-refractivity contribution in [3.8, 4) is 5.75 Å². The first kappa shape index (κ1) is 25.3. The Kier molecular flexibility index (Phi) is 7.70. The molecule has 0 saturated carbocycles. The van der Waals surface area contributed by atoms with Crippen LogP contribution in [0.5, 0.6) is 5.75 Å². The van der Waals surface area contributed by atoms with E-state index in [0.717, 1.165) is 10.6 Å². The van der Waals surface area contributed by atoms with E-state index in [0.29, 0.717) is 22.1 Å². The second-order valence-corrected chi connectivity index (χ2v) is 11.2. The summed E-state index contributed by atoms with van der Waals surface area (Å²) in [6, 6.07) is 18.0. The van der Waals surface area contributed by atoms with E-state index in [2.05, 4.69) is 10.0 Å². The number of halogens is 1. The van der Waals surface area contributed by atoms with E-state index in [9.17, 15) is 21.6 Å². The van der Waals surface area contributed by atoms with E-state index >= 15 is 0 Å². The Hall–Kier alpha value is -3.28. The van der Waals surface area contributed by atoms with Crippen molar-refractivity contribution in [1.29, 1.82) is 0 Å². The van der Waals surface area contributed by atoms with Gasteiger partial charge < -0.3 is 10.1 Å². The highest BCUT2D eigenvalue weighted by molar-refractivity contribution is 7.92. The van der Waals surface area contributed by atoms with Crippen LogP contribution in [0.15, 0.2) is 77.7 Å². The molecule has 0 unspecified atom stereocenters. The monoisotopic (exact) mass is 523 g/mol. The molecule has 0 spiro atoms. The fraction of sp³-hybridized carbons (Fsp3) is 0.136. The molecule has 0 aliphatic heterocycles. The first-order valence-corrected chi connectivity index (χ1v) is 13.5. The molecule has 1 amide bonds. The van der Waals surface area contributed by atoms with Crippen LogP contribution < -0.4 is 19.1 Å². The number of carbonyl (C=O) groups excluding carboxylic acids is 1. The first-order valence-electron chi connectivity index (χ1n) is 9.78. The number of anilines is 3. The third-order valence-corrected chi connectivity index (χ3v) is 7.35. The molecule has 0 bridgehead atoms. The summed E-state index contributed by atoms with van der Waals surface area (Å²) in [4.78, 5) is 12.5. The summed E-state index contributed by atoms with van der Waals surface area (Å²) in [7, 11) is -6.11. The van der Waals surface area contributed by atoms with E-state index < -0.39 is 32.5 Å². The number of hydrogen-bond acceptors (Lipinski definition) is 6. The van der Waals surface area contributed by atoms with Crippen LogP contribution in [0.25, 0.3) is 0 Å². The Labute approximate surface area is 203 Å². The molecule has 0 fully saturated rings. The predicted molar refractivity (Wildman–Crippen MR) is 133 cm³/mol. The lowest BCUT2D eigenvalue weighted by Gasteiger charge is -2.22. The van der Waals surface area contributed by atoms with Crippen molar-refractivity contribution >= 4 is 54.6 Å². The molecule has 180 valence electrons. The number of carbonyl (C=O) groups is 1. The van der Waals surface area contributed by atoms with Gasteiger partial charge in [0.1, 0.15) is 12.3 Å². The van der Waals surface area contributed by atoms with Crippen molar-refractivity contribution in [1.82, 2.24) is 0 Å². The smallest absolute Gasteiger partial charge is 0.261 e. The number of sulfonamides is 2. The lowest BCUT2D eigenvalue weighted by atomic mass is 10.3. The molecule has 2 N–H and O–H groups in total. The maximum absolute atomic E-state index is 12.6. The zero-order chi connectivity index (χ0) is 24.9. The van der Waals surface area contributed by atoms with Crippen LogP contribution in [0.4, 0.5) is 17.1 Å². The predicted octanol–water partition coefficient (Wildman–Crippen LogP) is 3.55. The van der Waals surface area contributed by atoms with E-state index in [-0.39, 0.29) is 10.6 Å². The molecule has 0 radical (unpaired) electrons. The summed E-state index contributed by atoms with van der Waals surface area (Å²) >= 11 is 5.94. The second kappa shape index (κ2) is 10.3. The van der Waals surface area contributed by atoms with Crippen LogP contribution in [0.1, 0.15) is 0 Å². The summed E-state index contributed by atoms with van der Waals surface area (Å²) < 4.78 is 58.0. The molecule has 3 aromatic carbocycles. The van der Waals surface area contributed by atoms with E-state index in [1.807, 2.05) is 0 Å². The molecule has 0 aromatic heterocycles. The Balaban J connectivity index is 1.69. The molecule has 9 nitrogen and oxygen atoms in total. The minimum Gasteiger partial charge on any atom is -0.497 e. The average molecular weight is 524 g/mol. The topological polar surface area (TPSA) is 122 Å². The third kappa shape index (κ3) is 6.62. The zero-order valence-electron chi connectivity index (χ0n) is 18.2. The third-order valence-electron chi connectivity index (χ3n) is 4.57. The van der Waals surface area contributed by atoms with Gasteiger partial charge in [-0.05, 0) is 66.7 Å². The van der Waals surface area contributed by atoms with Crippen molar-refractivity contribution < 1.29 is 26.4 Å². The summed E-state index contributed by atoms with van der Waals surface area (Å²) in [6.07, 6.45) is 0.983. The molecule has 0 heterocycles. The fourth-order valence-electron chi connectivity index (χ4n) is 2.95. The van der Waals surface area contributed by atoms with Gasteiger partial charge in [-0.25, -0.2) is 16.8 Å². The van der Waals surface area contributed by atoms with Crippen molar-refractivity contribution in [2.45, 2.75) is 4.90 Å². The van der Waals surface area contributed by atoms with Crippen molar-refractivity contribution in [3.63, 3.8) is 0 Å². The molecule has 34 heavy (non-hydrogen) atoms. The minimum absolute atomic E-state index is 0.0157. The Bertz CT molecular complexity index is 1380. The van der Waals surface area contributed by atoms with Crippen LogP contribution in [0.2, 0.25) is 5.02 Å². The number of rotatable bonds is 9. The number of methoxy groups -OCH3 is 1. The van der Waals surface area contributed by atoms with Crippen LogP contribution in [0.3, 0.4) is 0 Å². The Morgan fingerprint density at radius 2 is 1.56 bits per heavy atom. The quantitative estimate of drug-likeness (QED) is 0.442. The van der Waals surface area contributed by atoms with Gasteiger partial charge in [0, 0.05) is 16.4 Å². The van der Waals surface area contributed by atoms with Crippen molar-refractivity contribution in [2.24, 2.45) is 0 Å². The number of benzene rings is 3. The van der Waals surface area contributed by atoms with Crippen LogP contribution in [-0.2, 0) is 24.8 Å². The fourth-order valence-corrected chi connectivity index (χ4v) is 5.04. The molecule has 0 aliphatic carbocycles. The minimum atomic E-state index is -3.86. The molecule has 0 atom stereocenters. The molecule has 0 saturated heterocycles. The Morgan fingerprint density at radius 3 is 2.12 bits per heavy atom. The highest BCUT2D eigenvalue weighted by Crippen LogP contribution is 2.23. The SMILES string of the molecule is COc1ccc(NS(=O)(=O)c2ccc(NC(=O)CN(c3cccc(Cl)c3)S(C)(=O)=O)cc2)cc1. The maximum Gasteiger partial charge on any atom is 0.261 e. The van der Waals surface area contributed by atoms with Crippen LogP contribution >= 0.6 is 11.6 Å². The Morgan fingerprint density at radius 1 is 0.941 bits per heavy atom. The van der Waals surface area contributed by atoms with Gasteiger partial charge in [0.2, 0.25) is 15.9 Å². The van der Waals surface area contributed by atoms with Gasteiger partial charge in [0.05, 0.1) is 23.9 Å². The number of hydrogen-bond donors (Lipinski definition) is 2. The van der Waals surface area contributed by atoms with E-state index in [1.54, 1.807) is 36.4 Å². The van der Waals surface area contributed by atoms with Gasteiger partial charge in [-0.1, -0.05) is 17.7 Å². The van der Waals surface area contributed by atoms with Gasteiger partial charge in [-0.3, -0.25) is 13.8 Å². The van der Waals surface area contributed by atoms with Gasteiger partial charge >= 0.3 is 0 Å². The summed E-state index contributed by atoms with van der Waals surface area (Å²) in [5.41, 5.74) is 0.907. The summed E-state index contributed by atoms with van der Waals surface area (Å²) in [5.74, 6) is -0.0230. The van der Waals surface area contributed by atoms with Gasteiger partial charge in [-0.2, -0.15) is 0 Å². The van der Waals surface area contributed by atoms with E-state index in [4.69, 9.17) is 16.3 Å². The van der Waals surface area contributed by atoms with Gasteiger partial charge in [0.25, 0.3) is 10.0 Å². The number of nitrogens with zero attached hydrogens (tertiary/aromatic N) is 1. The lowest BCUT2D eigenvalue weighted by molar-refractivity contribution is -0.114. The highest BCUT2D eigenvalue weighted by Gasteiger charge is 2.21. The van der Waals surface area contributed by atoms with Crippen LogP contribution in [-0.4, -0.2) is 42.7 Å². The maximum atomic E-state index is 12.6. The van der Waals surface area contributed by atoms with Crippen molar-refractivity contribution in [3.05, 3.63) is 77.8 Å². The summed E-state index contributed by atoms with van der Waals surface area (Å²) in [6.45, 7) is -0.488. The van der Waals surface area contributed by atoms with Crippen LogP contribution in [0, 0.1) is 0 Å². The molecule has 3 rings (SSSR count). The second-order valence-electron chi connectivity index (χ2n) is 7.16. The number of ether oxygens (including phenoxy) is 1. The molecular weight excluding hydrogens is 502 g/mol. The van der Waals surface area contributed by atoms with Gasteiger partial charge in [0.15, 0.2) is 0 Å². The molecular formula is C22H22ClN3O6S2. The highest BCUT2D eigenvalue weighted by atomic mass is 35.5. The van der Waals surface area contributed by atoms with Crippen molar-refractivity contribution in [2.75, 3.05) is 34.3 Å². The largest absolute Gasteiger partial charge is 0.497 e.